The van der Waals surface area contributed by atoms with Crippen LogP contribution in [0.2, 0.25) is 0 Å². The summed E-state index contributed by atoms with van der Waals surface area (Å²) in [6.45, 7) is 12.3. The predicted molar refractivity (Wildman–Crippen MR) is 177 cm³/mol. The van der Waals surface area contributed by atoms with Gasteiger partial charge in [-0.25, -0.2) is 0 Å². The minimum absolute atomic E-state index is 1.07. The fourth-order valence-electron chi connectivity index (χ4n) is 5.88. The molecule has 0 unspecified atom stereocenters. The lowest BCUT2D eigenvalue weighted by molar-refractivity contribution is 1.04. The molecule has 40 heavy (non-hydrogen) atoms. The van der Waals surface area contributed by atoms with Gasteiger partial charge in [0.2, 0.25) is 0 Å². The number of fused-ring (bicyclic) bond motifs is 3. The molecule has 5 aromatic rings. The highest BCUT2D eigenvalue weighted by atomic mass is 14.2. The second kappa shape index (κ2) is 10.8. The molecule has 0 heterocycles. The summed E-state index contributed by atoms with van der Waals surface area (Å²) in [7, 11) is 0. The standard InChI is InChI=1S/C40H34/c1-5-10-29(6-2)33-21-23-35-37(25-33)38-26-34(30-11-8-7-9-12-30)22-24-36(38)40(32-19-15-28(4)16-20-32)39(35)31-17-13-27(3)14-18-31/h5-6,8,10-26H,1-2,7,9H2,3-4H3/b29-10+. The molecule has 0 saturated carbocycles. The Labute approximate surface area is 238 Å². The number of hydrogen-bond donors (Lipinski definition) is 0. The average Bonchev–Trinajstić information content (AvgIpc) is 3.00. The summed E-state index contributed by atoms with van der Waals surface area (Å²) < 4.78 is 0. The average molecular weight is 515 g/mol. The summed E-state index contributed by atoms with van der Waals surface area (Å²) in [5.41, 5.74) is 12.3. The van der Waals surface area contributed by atoms with Crippen LogP contribution in [0.25, 0.3) is 54.9 Å². The van der Waals surface area contributed by atoms with Gasteiger partial charge < -0.3 is 0 Å². The van der Waals surface area contributed by atoms with E-state index >= 15 is 0 Å². The molecule has 5 aromatic carbocycles. The number of rotatable bonds is 6. The zero-order valence-electron chi connectivity index (χ0n) is 23.4. The van der Waals surface area contributed by atoms with Gasteiger partial charge in [0.1, 0.15) is 0 Å². The maximum absolute atomic E-state index is 4.08. The van der Waals surface area contributed by atoms with Crippen LogP contribution in [-0.4, -0.2) is 0 Å². The van der Waals surface area contributed by atoms with Crippen molar-refractivity contribution in [2.24, 2.45) is 0 Å². The van der Waals surface area contributed by atoms with E-state index in [1.54, 1.807) is 0 Å². The Morgan fingerprint density at radius 1 is 0.625 bits per heavy atom. The van der Waals surface area contributed by atoms with Gasteiger partial charge in [-0.05, 0) is 105 Å². The Balaban J connectivity index is 1.78. The Morgan fingerprint density at radius 3 is 1.75 bits per heavy atom. The van der Waals surface area contributed by atoms with E-state index in [9.17, 15) is 0 Å². The zero-order chi connectivity index (χ0) is 27.6. The molecular formula is C40H34. The van der Waals surface area contributed by atoms with Gasteiger partial charge in [-0.1, -0.05) is 134 Å². The van der Waals surface area contributed by atoms with Crippen LogP contribution in [0.4, 0.5) is 0 Å². The number of benzene rings is 5. The van der Waals surface area contributed by atoms with Crippen LogP contribution in [0.5, 0.6) is 0 Å². The number of allylic oxidation sites excluding steroid dienone is 8. The van der Waals surface area contributed by atoms with Crippen molar-refractivity contribution in [3.05, 3.63) is 157 Å². The van der Waals surface area contributed by atoms with Gasteiger partial charge in [-0.3, -0.25) is 0 Å². The molecule has 0 saturated heterocycles. The van der Waals surface area contributed by atoms with Crippen molar-refractivity contribution in [1.82, 2.24) is 0 Å². The largest absolute Gasteiger partial charge is 0.0990 e. The molecule has 194 valence electrons. The monoisotopic (exact) mass is 514 g/mol. The molecule has 0 spiro atoms. The van der Waals surface area contributed by atoms with Crippen LogP contribution in [0, 0.1) is 13.8 Å². The zero-order valence-corrected chi connectivity index (χ0v) is 23.4. The lowest BCUT2D eigenvalue weighted by atomic mass is 9.83. The molecule has 0 bridgehead atoms. The molecule has 0 nitrogen and oxygen atoms in total. The highest BCUT2D eigenvalue weighted by Gasteiger charge is 2.19. The minimum Gasteiger partial charge on any atom is -0.0990 e. The van der Waals surface area contributed by atoms with Crippen molar-refractivity contribution in [2.45, 2.75) is 26.7 Å². The van der Waals surface area contributed by atoms with Crippen molar-refractivity contribution in [2.75, 3.05) is 0 Å². The first-order valence-electron chi connectivity index (χ1n) is 14.1. The fourth-order valence-corrected chi connectivity index (χ4v) is 5.88. The van der Waals surface area contributed by atoms with Gasteiger partial charge in [0.25, 0.3) is 0 Å². The third-order valence-electron chi connectivity index (χ3n) is 7.98. The molecule has 0 aliphatic heterocycles. The topological polar surface area (TPSA) is 0 Å². The lowest BCUT2D eigenvalue weighted by Gasteiger charge is -2.20. The SMILES string of the molecule is C=C/C=C(\C=C)c1ccc2c(-c3ccc(C)cc3)c(-c3ccc(C)cc3)c3ccc(C4=CCCC=C4)cc3c2c1. The maximum atomic E-state index is 4.08. The lowest BCUT2D eigenvalue weighted by Crippen LogP contribution is -1.95. The molecule has 0 amide bonds. The van der Waals surface area contributed by atoms with Crippen molar-refractivity contribution in [1.29, 1.82) is 0 Å². The third-order valence-corrected chi connectivity index (χ3v) is 7.98. The van der Waals surface area contributed by atoms with E-state index in [0.29, 0.717) is 0 Å². The first kappa shape index (κ1) is 25.6. The first-order valence-corrected chi connectivity index (χ1v) is 14.1. The molecule has 0 heteroatoms. The van der Waals surface area contributed by atoms with Gasteiger partial charge in [0, 0.05) is 0 Å². The summed E-state index contributed by atoms with van der Waals surface area (Å²) in [6.07, 6.45) is 14.9. The number of hydrogen-bond acceptors (Lipinski definition) is 0. The van der Waals surface area contributed by atoms with Gasteiger partial charge in [-0.2, -0.15) is 0 Å². The highest BCUT2D eigenvalue weighted by Crippen LogP contribution is 2.46. The Kier molecular flexibility index (Phi) is 6.93. The molecule has 6 rings (SSSR count). The Morgan fingerprint density at radius 2 is 1.20 bits per heavy atom. The van der Waals surface area contributed by atoms with Crippen molar-refractivity contribution < 1.29 is 0 Å². The quantitative estimate of drug-likeness (QED) is 0.156. The molecule has 0 fully saturated rings. The molecule has 0 atom stereocenters. The Hall–Kier alpha value is -4.68. The predicted octanol–water partition coefficient (Wildman–Crippen LogP) is 11.4. The van der Waals surface area contributed by atoms with Crippen LogP contribution >= 0.6 is 0 Å². The van der Waals surface area contributed by atoms with Crippen LogP contribution in [0.1, 0.15) is 35.1 Å². The number of aryl methyl sites for hydroxylation is 2. The second-order valence-electron chi connectivity index (χ2n) is 10.7. The smallest absolute Gasteiger partial charge is 0.00203 e. The van der Waals surface area contributed by atoms with Crippen molar-refractivity contribution >= 4 is 32.7 Å². The molecular weight excluding hydrogens is 480 g/mol. The van der Waals surface area contributed by atoms with Gasteiger partial charge >= 0.3 is 0 Å². The fraction of sp³-hybridized carbons (Fsp3) is 0.100. The summed E-state index contributed by atoms with van der Waals surface area (Å²) in [5.74, 6) is 0. The van der Waals surface area contributed by atoms with E-state index in [1.807, 2.05) is 18.2 Å². The highest BCUT2D eigenvalue weighted by molar-refractivity contribution is 6.22. The van der Waals surface area contributed by atoms with E-state index < -0.39 is 0 Å². The van der Waals surface area contributed by atoms with Crippen molar-refractivity contribution in [3.8, 4) is 22.3 Å². The molecule has 1 aliphatic carbocycles. The van der Waals surface area contributed by atoms with Gasteiger partial charge in [-0.15, -0.1) is 0 Å². The summed E-state index contributed by atoms with van der Waals surface area (Å²) in [5, 5.41) is 5.03. The summed E-state index contributed by atoms with van der Waals surface area (Å²) >= 11 is 0. The van der Waals surface area contributed by atoms with E-state index in [4.69, 9.17) is 0 Å². The van der Waals surface area contributed by atoms with E-state index in [1.165, 1.54) is 66.1 Å². The van der Waals surface area contributed by atoms with Crippen molar-refractivity contribution in [3.63, 3.8) is 0 Å². The van der Waals surface area contributed by atoms with Crippen LogP contribution in [0.15, 0.2) is 135 Å². The van der Waals surface area contributed by atoms with E-state index in [0.717, 1.165) is 24.0 Å². The maximum Gasteiger partial charge on any atom is -0.00203 e. The molecule has 1 aliphatic rings. The first-order chi connectivity index (χ1) is 19.6. The minimum atomic E-state index is 1.07. The van der Waals surface area contributed by atoms with Crippen LogP contribution in [-0.2, 0) is 0 Å². The molecule has 0 N–H and O–H groups in total. The van der Waals surface area contributed by atoms with Gasteiger partial charge in [0.15, 0.2) is 0 Å². The van der Waals surface area contributed by atoms with Crippen LogP contribution in [0.3, 0.4) is 0 Å². The normalized spacial score (nSPS) is 13.4. The Bertz CT molecular complexity index is 1850. The summed E-state index contributed by atoms with van der Waals surface area (Å²) in [6, 6.07) is 31.8. The molecule has 0 aromatic heterocycles. The van der Waals surface area contributed by atoms with Gasteiger partial charge in [0.05, 0.1) is 0 Å². The summed E-state index contributed by atoms with van der Waals surface area (Å²) in [4.78, 5) is 0. The third kappa shape index (κ3) is 4.67. The molecule has 0 radical (unpaired) electrons. The second-order valence-corrected chi connectivity index (χ2v) is 10.7. The van der Waals surface area contributed by atoms with E-state index in [-0.39, 0.29) is 0 Å². The van der Waals surface area contributed by atoms with E-state index in [2.05, 4.69) is 130 Å². The van der Waals surface area contributed by atoms with Crippen LogP contribution < -0.4 is 0 Å².